The molecule has 0 bridgehead atoms. The van der Waals surface area contributed by atoms with E-state index < -0.39 is 0 Å². The second-order valence-electron chi connectivity index (χ2n) is 6.51. The number of ether oxygens (including phenoxy) is 1. The molecule has 1 aromatic carbocycles. The molecule has 3 aromatic rings. The van der Waals surface area contributed by atoms with Crippen molar-refractivity contribution in [2.75, 3.05) is 13.1 Å². The van der Waals surface area contributed by atoms with Crippen molar-refractivity contribution in [2.45, 2.75) is 32.3 Å². The number of thiophene rings is 1. The largest absolute Gasteiger partial charge is 0.458 e. The van der Waals surface area contributed by atoms with Gasteiger partial charge in [-0.15, -0.1) is 11.3 Å². The summed E-state index contributed by atoms with van der Waals surface area (Å²) in [6.07, 6.45) is 6.27. The van der Waals surface area contributed by atoms with Crippen molar-refractivity contribution in [1.29, 1.82) is 0 Å². The van der Waals surface area contributed by atoms with Gasteiger partial charge in [0.2, 0.25) is 0 Å². The van der Waals surface area contributed by atoms with Gasteiger partial charge in [-0.3, -0.25) is 4.79 Å². The topological polar surface area (TPSA) is 55.3 Å². The average Bonchev–Trinajstić information content (AvgIpc) is 3.12. The second kappa shape index (κ2) is 7.41. The van der Waals surface area contributed by atoms with Gasteiger partial charge in [0.25, 0.3) is 5.91 Å². The Kier molecular flexibility index (Phi) is 4.84. The van der Waals surface area contributed by atoms with Crippen molar-refractivity contribution in [3.63, 3.8) is 0 Å². The first-order valence-electron chi connectivity index (χ1n) is 8.98. The van der Waals surface area contributed by atoms with E-state index in [1.165, 1.54) is 0 Å². The van der Waals surface area contributed by atoms with Crippen LogP contribution in [0.15, 0.2) is 42.7 Å². The van der Waals surface area contributed by atoms with Gasteiger partial charge in [-0.2, -0.15) is 0 Å². The molecule has 2 aromatic heterocycles. The number of rotatable bonds is 4. The zero-order valence-electron chi connectivity index (χ0n) is 14.7. The number of hydrogen-bond acceptors (Lipinski definition) is 5. The summed E-state index contributed by atoms with van der Waals surface area (Å²) in [5.41, 5.74) is 1.09. The van der Waals surface area contributed by atoms with Gasteiger partial charge in [-0.05, 0) is 42.3 Å². The summed E-state index contributed by atoms with van der Waals surface area (Å²) in [5.74, 6) is 0.0850. The number of likely N-dealkylation sites (tertiary alicyclic amines) is 1. The molecule has 26 heavy (non-hydrogen) atoms. The summed E-state index contributed by atoms with van der Waals surface area (Å²) in [6.45, 7) is 3.41. The molecule has 0 N–H and O–H groups in total. The molecule has 134 valence electrons. The molecule has 0 saturated carbocycles. The minimum absolute atomic E-state index is 0.0606. The molecule has 1 saturated heterocycles. The molecule has 0 radical (unpaired) electrons. The third kappa shape index (κ3) is 3.55. The van der Waals surface area contributed by atoms with Gasteiger partial charge in [0, 0.05) is 23.6 Å². The fourth-order valence-corrected chi connectivity index (χ4v) is 4.23. The maximum absolute atomic E-state index is 12.9. The normalized spacial score (nSPS) is 17.4. The lowest BCUT2D eigenvalue weighted by Crippen LogP contribution is -2.44. The number of fused-ring (bicyclic) bond motifs is 1. The van der Waals surface area contributed by atoms with Gasteiger partial charge in [0.1, 0.15) is 6.10 Å². The molecule has 1 aliphatic heterocycles. The summed E-state index contributed by atoms with van der Waals surface area (Å²) in [5, 5.41) is 1.12. The van der Waals surface area contributed by atoms with E-state index in [1.54, 1.807) is 23.7 Å². The predicted molar refractivity (Wildman–Crippen MR) is 103 cm³/mol. The Labute approximate surface area is 156 Å². The monoisotopic (exact) mass is 367 g/mol. The van der Waals surface area contributed by atoms with Gasteiger partial charge in [0.15, 0.2) is 0 Å². The van der Waals surface area contributed by atoms with Crippen LogP contribution in [0.4, 0.5) is 0 Å². The molecule has 4 rings (SSSR count). The highest BCUT2D eigenvalue weighted by Gasteiger charge is 2.27. The lowest BCUT2D eigenvalue weighted by Gasteiger charge is -2.32. The van der Waals surface area contributed by atoms with Gasteiger partial charge in [-0.25, -0.2) is 9.97 Å². The highest BCUT2D eigenvalue weighted by atomic mass is 32.1. The van der Waals surface area contributed by atoms with E-state index in [-0.39, 0.29) is 12.0 Å². The Balaban J connectivity index is 1.44. The van der Waals surface area contributed by atoms with E-state index in [1.807, 2.05) is 29.2 Å². The maximum Gasteiger partial charge on any atom is 0.316 e. The number of carbonyl (C=O) groups excluding carboxylic acids is 1. The van der Waals surface area contributed by atoms with E-state index in [0.717, 1.165) is 46.3 Å². The number of aromatic nitrogens is 2. The van der Waals surface area contributed by atoms with E-state index in [4.69, 9.17) is 4.74 Å². The van der Waals surface area contributed by atoms with E-state index in [2.05, 4.69) is 23.0 Å². The van der Waals surface area contributed by atoms with Crippen molar-refractivity contribution in [3.05, 3.63) is 53.2 Å². The maximum atomic E-state index is 12.9. The van der Waals surface area contributed by atoms with E-state index in [9.17, 15) is 4.79 Å². The van der Waals surface area contributed by atoms with Crippen LogP contribution in [0.5, 0.6) is 6.01 Å². The first-order valence-corrected chi connectivity index (χ1v) is 9.80. The zero-order chi connectivity index (χ0) is 17.9. The lowest BCUT2D eigenvalue weighted by molar-refractivity contribution is 0.0520. The van der Waals surface area contributed by atoms with Crippen molar-refractivity contribution in [3.8, 4) is 6.01 Å². The molecule has 5 nitrogen and oxygen atoms in total. The second-order valence-corrected chi connectivity index (χ2v) is 7.59. The Bertz CT molecular complexity index is 874. The third-order valence-corrected chi connectivity index (χ3v) is 5.77. The summed E-state index contributed by atoms with van der Waals surface area (Å²) in [6, 6.07) is 10.5. The molecule has 0 spiro atoms. The molecule has 1 atom stereocenters. The zero-order valence-corrected chi connectivity index (χ0v) is 15.5. The molecule has 3 heterocycles. The van der Waals surface area contributed by atoms with Crippen molar-refractivity contribution < 1.29 is 9.53 Å². The SMILES string of the molecule is CCc1cnc(OC2CCCN(C(=O)c3cc4ccccc4s3)C2)nc1. The van der Waals surface area contributed by atoms with Crippen LogP contribution < -0.4 is 4.74 Å². The van der Waals surface area contributed by atoms with Crippen molar-refractivity contribution >= 4 is 27.3 Å². The van der Waals surface area contributed by atoms with Gasteiger partial charge >= 0.3 is 6.01 Å². The highest BCUT2D eigenvalue weighted by Crippen LogP contribution is 2.27. The highest BCUT2D eigenvalue weighted by molar-refractivity contribution is 7.20. The summed E-state index contributed by atoms with van der Waals surface area (Å²) in [7, 11) is 0. The number of benzene rings is 1. The van der Waals surface area contributed by atoms with Crippen LogP contribution in [0.2, 0.25) is 0 Å². The van der Waals surface area contributed by atoms with Crippen LogP contribution >= 0.6 is 11.3 Å². The summed E-state index contributed by atoms with van der Waals surface area (Å²) < 4.78 is 7.06. The van der Waals surface area contributed by atoms with Gasteiger partial charge in [-0.1, -0.05) is 25.1 Å². The molecule has 1 aliphatic rings. The van der Waals surface area contributed by atoms with Crippen LogP contribution in [0.25, 0.3) is 10.1 Å². The molecule has 6 heteroatoms. The minimum atomic E-state index is -0.0606. The van der Waals surface area contributed by atoms with E-state index >= 15 is 0 Å². The minimum Gasteiger partial charge on any atom is -0.458 e. The fraction of sp³-hybridized carbons (Fsp3) is 0.350. The van der Waals surface area contributed by atoms with Gasteiger partial charge in [0.05, 0.1) is 11.4 Å². The first kappa shape index (κ1) is 17.0. The standard InChI is InChI=1S/C20H21N3O2S/c1-2-14-11-21-20(22-12-14)25-16-7-5-9-23(13-16)19(24)18-10-15-6-3-4-8-17(15)26-18/h3-4,6,8,10-12,16H,2,5,7,9,13H2,1H3. The number of carbonyl (C=O) groups is 1. The predicted octanol–water partition coefficient (Wildman–Crippen LogP) is 3.94. The number of aryl methyl sites for hydroxylation is 1. The molecule has 0 aliphatic carbocycles. The van der Waals surface area contributed by atoms with Crippen molar-refractivity contribution in [1.82, 2.24) is 14.9 Å². The molecule has 1 unspecified atom stereocenters. The Morgan fingerprint density at radius 3 is 2.88 bits per heavy atom. The van der Waals surface area contributed by atoms with Crippen LogP contribution in [0, 0.1) is 0 Å². The summed E-state index contributed by atoms with van der Waals surface area (Å²) >= 11 is 1.55. The fourth-order valence-electron chi connectivity index (χ4n) is 3.20. The average molecular weight is 367 g/mol. The van der Waals surface area contributed by atoms with Crippen molar-refractivity contribution in [2.24, 2.45) is 0 Å². The van der Waals surface area contributed by atoms with E-state index in [0.29, 0.717) is 12.6 Å². The van der Waals surface area contributed by atoms with Gasteiger partial charge < -0.3 is 9.64 Å². The molecular weight excluding hydrogens is 346 g/mol. The van der Waals surface area contributed by atoms with Crippen LogP contribution in [0.1, 0.15) is 35.0 Å². The smallest absolute Gasteiger partial charge is 0.316 e. The van der Waals surface area contributed by atoms with Crippen LogP contribution in [-0.2, 0) is 6.42 Å². The molecule has 1 amide bonds. The van der Waals surface area contributed by atoms with Crippen LogP contribution in [-0.4, -0.2) is 40.0 Å². The molecule has 1 fully saturated rings. The Hall–Kier alpha value is -2.47. The number of amides is 1. The third-order valence-electron chi connectivity index (χ3n) is 4.66. The Morgan fingerprint density at radius 1 is 1.31 bits per heavy atom. The number of hydrogen-bond donors (Lipinski definition) is 0. The lowest BCUT2D eigenvalue weighted by atomic mass is 10.1. The molecular formula is C20H21N3O2S. The quantitative estimate of drug-likeness (QED) is 0.701. The number of nitrogens with zero attached hydrogens (tertiary/aromatic N) is 3. The number of piperidine rings is 1. The summed E-state index contributed by atoms with van der Waals surface area (Å²) in [4.78, 5) is 24.1. The first-order chi connectivity index (χ1) is 12.7. The Morgan fingerprint density at radius 2 is 2.12 bits per heavy atom. The van der Waals surface area contributed by atoms with Crippen LogP contribution in [0.3, 0.4) is 0 Å².